The molecule has 0 fully saturated rings. The maximum Gasteiger partial charge on any atom is 0.0437 e. The molecule has 2 nitrogen and oxygen atoms in total. The van der Waals surface area contributed by atoms with Crippen LogP contribution in [0.1, 0.15) is 6.42 Å². The van der Waals surface area contributed by atoms with Crippen LogP contribution in [0.4, 0.5) is 0 Å². The lowest BCUT2D eigenvalue weighted by molar-refractivity contribution is 0.340. The van der Waals surface area contributed by atoms with Crippen molar-refractivity contribution in [2.75, 3.05) is 13.6 Å². The third-order valence-corrected chi connectivity index (χ3v) is 2.51. The van der Waals surface area contributed by atoms with Crippen molar-refractivity contribution in [2.45, 2.75) is 6.42 Å². The monoisotopic (exact) mass is 166 g/mol. The quantitative estimate of drug-likeness (QED) is 0.541. The number of allylic oxidation sites excluding steroid dienone is 2. The molecule has 0 atom stereocenters. The number of hydrogen-bond acceptors (Lipinski definition) is 3. The van der Waals surface area contributed by atoms with Crippen molar-refractivity contribution >= 4 is 17.1 Å². The molecule has 0 aromatic rings. The van der Waals surface area contributed by atoms with E-state index < -0.39 is 0 Å². The minimum absolute atomic E-state index is 0.898. The lowest BCUT2D eigenvalue weighted by Gasteiger charge is -2.16. The first-order chi connectivity index (χ1) is 5.29. The summed E-state index contributed by atoms with van der Waals surface area (Å²) in [6.45, 7) is 0.898. The highest BCUT2D eigenvalue weighted by Gasteiger charge is 2.21. The first-order valence-corrected chi connectivity index (χ1v) is 4.10. The Hall–Kier alpha value is -0.670. The van der Waals surface area contributed by atoms with Crippen LogP contribution in [0.15, 0.2) is 23.4 Å². The Kier molecular flexibility index (Phi) is 1.55. The van der Waals surface area contributed by atoms with Gasteiger partial charge in [0.05, 0.1) is 0 Å². The average Bonchev–Trinajstić information content (AvgIpc) is 2.35. The Labute approximate surface area is 71.5 Å². The minimum Gasteiger partial charge on any atom is -0.315 e. The molecule has 0 aromatic carbocycles. The van der Waals surface area contributed by atoms with Gasteiger partial charge in [-0.05, 0) is 6.08 Å². The molecule has 0 saturated carbocycles. The molecule has 0 aromatic heterocycles. The van der Waals surface area contributed by atoms with Gasteiger partial charge < -0.3 is 5.01 Å². The number of thiocarbonyl (C=S) groups is 1. The fourth-order valence-corrected chi connectivity index (χ4v) is 1.75. The van der Waals surface area contributed by atoms with Crippen LogP contribution in [0, 0.1) is 0 Å². The van der Waals surface area contributed by atoms with Crippen molar-refractivity contribution in [3.63, 3.8) is 0 Å². The summed E-state index contributed by atoms with van der Waals surface area (Å²) in [5.41, 5.74) is 5.85. The maximum absolute atomic E-state index is 5.18. The molecule has 0 spiro atoms. The third-order valence-electron chi connectivity index (χ3n) is 2.12. The molecule has 3 heteroatoms. The van der Waals surface area contributed by atoms with Crippen LogP contribution in [0.2, 0.25) is 0 Å². The summed E-state index contributed by atoms with van der Waals surface area (Å²) in [5.74, 6) is 0. The van der Waals surface area contributed by atoms with Crippen molar-refractivity contribution in [1.82, 2.24) is 10.4 Å². The molecule has 1 N–H and O–H groups in total. The SMILES string of the molecule is CN1NCC2=C1CC=CC2=S. The molecule has 0 unspecified atom stereocenters. The molecule has 58 valence electrons. The number of rotatable bonds is 0. The van der Waals surface area contributed by atoms with E-state index in [1.807, 2.05) is 13.1 Å². The predicted octanol–water partition coefficient (Wildman–Crippen LogP) is 1.02. The molecule has 2 aliphatic rings. The summed E-state index contributed by atoms with van der Waals surface area (Å²) in [5, 5.41) is 2.06. The first-order valence-electron chi connectivity index (χ1n) is 3.69. The van der Waals surface area contributed by atoms with Gasteiger partial charge in [-0.25, -0.2) is 5.43 Å². The van der Waals surface area contributed by atoms with Crippen LogP contribution in [-0.4, -0.2) is 23.5 Å². The van der Waals surface area contributed by atoms with E-state index in [9.17, 15) is 0 Å². The van der Waals surface area contributed by atoms with Crippen molar-refractivity contribution in [2.24, 2.45) is 0 Å². The Morgan fingerprint density at radius 2 is 2.45 bits per heavy atom. The normalized spacial score (nSPS) is 23.0. The highest BCUT2D eigenvalue weighted by atomic mass is 32.1. The van der Waals surface area contributed by atoms with Gasteiger partial charge in [-0.15, -0.1) is 0 Å². The molecule has 0 saturated heterocycles. The topological polar surface area (TPSA) is 15.3 Å². The fourth-order valence-electron chi connectivity index (χ4n) is 1.47. The van der Waals surface area contributed by atoms with Crippen LogP contribution in [0.3, 0.4) is 0 Å². The molecule has 2 rings (SSSR count). The predicted molar refractivity (Wildman–Crippen MR) is 49.1 cm³/mol. The van der Waals surface area contributed by atoms with Gasteiger partial charge in [0.1, 0.15) is 0 Å². The highest BCUT2D eigenvalue weighted by Crippen LogP contribution is 2.22. The van der Waals surface area contributed by atoms with Crippen molar-refractivity contribution in [1.29, 1.82) is 0 Å². The molecule has 11 heavy (non-hydrogen) atoms. The summed E-state index contributed by atoms with van der Waals surface area (Å²) in [6.07, 6.45) is 5.15. The summed E-state index contributed by atoms with van der Waals surface area (Å²) in [4.78, 5) is 0.989. The van der Waals surface area contributed by atoms with E-state index in [0.29, 0.717) is 0 Å². The summed E-state index contributed by atoms with van der Waals surface area (Å²) in [6, 6.07) is 0. The number of nitrogens with zero attached hydrogens (tertiary/aromatic N) is 1. The van der Waals surface area contributed by atoms with E-state index in [1.165, 1.54) is 11.3 Å². The number of hydrazine groups is 1. The zero-order valence-corrected chi connectivity index (χ0v) is 7.24. The zero-order valence-electron chi connectivity index (χ0n) is 6.42. The standard InChI is InChI=1S/C8H10N2S/c1-10-7-3-2-4-8(11)6(7)5-9-10/h2,4,9H,3,5H2,1H3. The lowest BCUT2D eigenvalue weighted by Crippen LogP contribution is -2.26. The Balaban J connectivity index is 2.36. The van der Waals surface area contributed by atoms with E-state index >= 15 is 0 Å². The van der Waals surface area contributed by atoms with Crippen LogP contribution in [0.5, 0.6) is 0 Å². The maximum atomic E-state index is 5.18. The Bertz CT molecular complexity index is 265. The van der Waals surface area contributed by atoms with E-state index in [1.54, 1.807) is 0 Å². The van der Waals surface area contributed by atoms with E-state index in [-0.39, 0.29) is 0 Å². The van der Waals surface area contributed by atoms with Gasteiger partial charge in [0.2, 0.25) is 0 Å². The number of hydrogen-bond donors (Lipinski definition) is 1. The molecule has 0 amide bonds. The first kappa shape index (κ1) is 7.00. The van der Waals surface area contributed by atoms with Crippen LogP contribution < -0.4 is 5.43 Å². The molecule has 0 bridgehead atoms. The fraction of sp³-hybridized carbons (Fsp3) is 0.375. The smallest absolute Gasteiger partial charge is 0.0437 e. The summed E-state index contributed by atoms with van der Waals surface area (Å²) < 4.78 is 0. The minimum atomic E-state index is 0.898. The molecular weight excluding hydrogens is 156 g/mol. The molecular formula is C8H10N2S. The zero-order chi connectivity index (χ0) is 7.84. The summed E-state index contributed by atoms with van der Waals surface area (Å²) in [7, 11) is 2.03. The molecule has 1 heterocycles. The molecule has 1 aliphatic carbocycles. The van der Waals surface area contributed by atoms with E-state index in [4.69, 9.17) is 12.2 Å². The second kappa shape index (κ2) is 2.43. The van der Waals surface area contributed by atoms with Gasteiger partial charge in [0.25, 0.3) is 0 Å². The van der Waals surface area contributed by atoms with Gasteiger partial charge in [-0.3, -0.25) is 0 Å². The summed E-state index contributed by atoms with van der Waals surface area (Å²) >= 11 is 5.18. The highest BCUT2D eigenvalue weighted by molar-refractivity contribution is 7.81. The van der Waals surface area contributed by atoms with Crippen molar-refractivity contribution in [3.05, 3.63) is 23.4 Å². The van der Waals surface area contributed by atoms with Crippen LogP contribution in [0.25, 0.3) is 0 Å². The average molecular weight is 166 g/mol. The molecule has 0 radical (unpaired) electrons. The second-order valence-corrected chi connectivity index (χ2v) is 3.23. The third kappa shape index (κ3) is 1.01. The van der Waals surface area contributed by atoms with Gasteiger partial charge in [0, 0.05) is 36.1 Å². The van der Waals surface area contributed by atoms with Crippen molar-refractivity contribution < 1.29 is 0 Å². The van der Waals surface area contributed by atoms with E-state index in [2.05, 4.69) is 16.5 Å². The Morgan fingerprint density at radius 3 is 3.18 bits per heavy atom. The van der Waals surface area contributed by atoms with Gasteiger partial charge in [-0.2, -0.15) is 0 Å². The largest absolute Gasteiger partial charge is 0.315 e. The van der Waals surface area contributed by atoms with Gasteiger partial charge in [0.15, 0.2) is 0 Å². The Morgan fingerprint density at radius 1 is 1.64 bits per heavy atom. The second-order valence-electron chi connectivity index (χ2n) is 2.79. The van der Waals surface area contributed by atoms with Gasteiger partial charge >= 0.3 is 0 Å². The van der Waals surface area contributed by atoms with Crippen molar-refractivity contribution in [3.8, 4) is 0 Å². The van der Waals surface area contributed by atoms with Crippen LogP contribution in [-0.2, 0) is 0 Å². The molecule has 1 aliphatic heterocycles. The van der Waals surface area contributed by atoms with Gasteiger partial charge in [-0.1, -0.05) is 18.3 Å². The number of nitrogens with one attached hydrogen (secondary N) is 1. The van der Waals surface area contributed by atoms with E-state index in [0.717, 1.165) is 17.8 Å². The lowest BCUT2D eigenvalue weighted by atomic mass is 10.0. The van der Waals surface area contributed by atoms with Crippen LogP contribution >= 0.6 is 12.2 Å².